The number of hydrogen-bond acceptors (Lipinski definition) is 13. The fraction of sp³-hybridized carbons (Fsp3) is 0.429. The molecule has 0 amide bonds. The number of H-pyrrole nitrogens is 1. The third-order valence-corrected chi connectivity index (χ3v) is 10.4. The van der Waals surface area contributed by atoms with E-state index in [1.54, 1.807) is 0 Å². The minimum absolute atomic E-state index is 0.142. The third kappa shape index (κ3) is 8.74. The van der Waals surface area contributed by atoms with Gasteiger partial charge in [-0.1, -0.05) is 50.2 Å². The summed E-state index contributed by atoms with van der Waals surface area (Å²) in [4.78, 5) is 48.2. The molecular weight excluding hydrogens is 664 g/mol. The number of nitrogens with one attached hydrogen (secondary N) is 1. The lowest BCUT2D eigenvalue weighted by molar-refractivity contribution is -0.385. The zero-order chi connectivity index (χ0) is 34.7. The summed E-state index contributed by atoms with van der Waals surface area (Å²) < 4.78 is 69.8. The molecule has 0 radical (unpaired) electrons. The average molecular weight is 697 g/mol. The number of aromatic amines is 1. The number of aryl methyl sites for hydroxylation is 1. The van der Waals surface area contributed by atoms with Crippen molar-refractivity contribution in [1.29, 1.82) is 0 Å². The van der Waals surface area contributed by atoms with E-state index < -0.39 is 89.7 Å². The van der Waals surface area contributed by atoms with Crippen molar-refractivity contribution in [2.45, 2.75) is 57.5 Å². The molecule has 0 bridgehead atoms. The van der Waals surface area contributed by atoms with Crippen molar-refractivity contribution in [1.82, 2.24) is 9.55 Å². The van der Waals surface area contributed by atoms with Crippen LogP contribution in [0.15, 0.2) is 64.3 Å². The van der Waals surface area contributed by atoms with E-state index in [1.165, 1.54) is 75.5 Å². The van der Waals surface area contributed by atoms with Crippen LogP contribution in [0.25, 0.3) is 0 Å². The van der Waals surface area contributed by atoms with Gasteiger partial charge in [-0.05, 0) is 6.92 Å². The van der Waals surface area contributed by atoms with Gasteiger partial charge in [-0.15, -0.1) is 0 Å². The number of hydrogen-bond donors (Lipinski definition) is 1. The molecule has 17 nitrogen and oxygen atoms in total. The minimum Gasteiger partial charge on any atom is -0.349 e. The second kappa shape index (κ2) is 14.2. The van der Waals surface area contributed by atoms with Crippen molar-refractivity contribution in [2.24, 2.45) is 0 Å². The molecular formula is C28H32N4O13S2. The van der Waals surface area contributed by atoms with Crippen molar-refractivity contribution in [3.63, 3.8) is 0 Å². The quantitative estimate of drug-likeness (QED) is 0.145. The molecule has 1 fully saturated rings. The van der Waals surface area contributed by atoms with Gasteiger partial charge in [-0.25, -0.2) is 4.79 Å². The van der Waals surface area contributed by atoms with Gasteiger partial charge in [0.1, 0.15) is 18.4 Å². The highest BCUT2D eigenvalue weighted by Gasteiger charge is 2.42. The molecule has 5 atom stereocenters. The van der Waals surface area contributed by atoms with E-state index in [0.29, 0.717) is 0 Å². The van der Waals surface area contributed by atoms with E-state index in [1.807, 2.05) is 0 Å². The fourth-order valence-corrected chi connectivity index (χ4v) is 7.98. The van der Waals surface area contributed by atoms with Gasteiger partial charge < -0.3 is 4.74 Å². The molecule has 0 spiro atoms. The molecule has 0 aliphatic carbocycles. The average Bonchev–Trinajstić information content (AvgIpc) is 3.38. The standard InChI is InChI=1S/C28H32N4O13S2/c1-17-13-30(28(34)29-27(17)33)26-12-24(45-47(41,42)16-19(3)21-9-5-7-11-23(21)32(37)38)25(44-26)14-43-46(39,40)15-18(2)20-8-4-6-10-22(20)31(35)36/h4-11,13,18-19,24-26H,12,14-16H2,1-3H3,(H,29,33,34)/t18?,19?,24-,25+,26+/m0/s1. The first-order valence-electron chi connectivity index (χ1n) is 14.2. The maximum Gasteiger partial charge on any atom is 0.330 e. The Balaban J connectivity index is 1.55. The minimum atomic E-state index is -4.46. The van der Waals surface area contributed by atoms with Gasteiger partial charge in [0.15, 0.2) is 0 Å². The van der Waals surface area contributed by atoms with Crippen molar-refractivity contribution in [3.05, 3.63) is 112 Å². The van der Waals surface area contributed by atoms with Crippen LogP contribution < -0.4 is 11.2 Å². The lowest BCUT2D eigenvalue weighted by atomic mass is 10.0. The summed E-state index contributed by atoms with van der Waals surface area (Å²) in [7, 11) is -8.84. The van der Waals surface area contributed by atoms with Crippen LogP contribution in [-0.4, -0.2) is 66.6 Å². The number of aromatic nitrogens is 2. The predicted molar refractivity (Wildman–Crippen MR) is 166 cm³/mol. The Morgan fingerprint density at radius 3 is 1.96 bits per heavy atom. The molecule has 1 aliphatic heterocycles. The van der Waals surface area contributed by atoms with Crippen molar-refractivity contribution < 1.29 is 39.8 Å². The van der Waals surface area contributed by atoms with Gasteiger partial charge in [0, 0.05) is 53.3 Å². The van der Waals surface area contributed by atoms with E-state index in [0.717, 1.165) is 4.57 Å². The summed E-state index contributed by atoms with van der Waals surface area (Å²) >= 11 is 0. The normalized spacial score (nSPS) is 19.7. The second-order valence-corrected chi connectivity index (χ2v) is 14.5. The number of rotatable bonds is 14. The maximum absolute atomic E-state index is 13.2. The number of para-hydroxylation sites is 2. The van der Waals surface area contributed by atoms with Crippen LogP contribution in [-0.2, 0) is 33.3 Å². The molecule has 1 aromatic heterocycles. The Bertz CT molecular complexity index is 1990. The fourth-order valence-electron chi connectivity index (χ4n) is 5.30. The van der Waals surface area contributed by atoms with E-state index in [-0.39, 0.29) is 34.5 Å². The van der Waals surface area contributed by atoms with E-state index >= 15 is 0 Å². The Hall–Kier alpha value is -4.30. The SMILES string of the molecule is Cc1cn([C@H]2C[C@H](OS(=O)(=O)CC(C)c3ccccc3[N+](=O)[O-])[C@@H](COS(=O)(=O)CC(C)c3ccccc3[N+](=O)[O-])O2)c(=O)[nH]c1=O. The summed E-state index contributed by atoms with van der Waals surface area (Å²) in [6.07, 6.45) is -3.04. The highest BCUT2D eigenvalue weighted by molar-refractivity contribution is 7.87. The molecule has 2 heterocycles. The smallest absolute Gasteiger partial charge is 0.330 e. The molecule has 2 unspecified atom stereocenters. The van der Waals surface area contributed by atoms with E-state index in [4.69, 9.17) is 13.1 Å². The first-order valence-corrected chi connectivity index (χ1v) is 17.4. The van der Waals surface area contributed by atoms with Gasteiger partial charge in [0.2, 0.25) is 0 Å². The van der Waals surface area contributed by atoms with Crippen LogP contribution >= 0.6 is 0 Å². The lowest BCUT2D eigenvalue weighted by Gasteiger charge is -2.20. The van der Waals surface area contributed by atoms with Gasteiger partial charge in [0.05, 0.1) is 28.0 Å². The van der Waals surface area contributed by atoms with Crippen molar-refractivity contribution in [2.75, 3.05) is 18.1 Å². The number of nitro groups is 2. The Morgan fingerprint density at radius 1 is 0.915 bits per heavy atom. The summed E-state index contributed by atoms with van der Waals surface area (Å²) in [5.41, 5.74) is -1.62. The second-order valence-electron chi connectivity index (χ2n) is 11.1. The van der Waals surface area contributed by atoms with E-state index in [2.05, 4.69) is 4.98 Å². The molecule has 1 saturated heterocycles. The summed E-state index contributed by atoms with van der Waals surface area (Å²) in [6, 6.07) is 11.3. The number of nitro benzene ring substituents is 2. The molecule has 19 heteroatoms. The van der Waals surface area contributed by atoms with Gasteiger partial charge in [-0.3, -0.25) is 42.9 Å². The van der Waals surface area contributed by atoms with Crippen LogP contribution in [0.1, 0.15) is 55.0 Å². The van der Waals surface area contributed by atoms with Gasteiger partial charge >= 0.3 is 5.69 Å². The molecule has 1 aliphatic rings. The summed E-state index contributed by atoms with van der Waals surface area (Å²) in [5, 5.41) is 22.9. The monoisotopic (exact) mass is 696 g/mol. The zero-order valence-corrected chi connectivity index (χ0v) is 27.0. The van der Waals surface area contributed by atoms with Gasteiger partial charge in [0.25, 0.3) is 37.2 Å². The Morgan fingerprint density at radius 2 is 1.43 bits per heavy atom. The van der Waals surface area contributed by atoms with Crippen LogP contribution in [0.3, 0.4) is 0 Å². The van der Waals surface area contributed by atoms with Crippen LogP contribution in [0, 0.1) is 27.2 Å². The van der Waals surface area contributed by atoms with E-state index in [9.17, 15) is 46.7 Å². The molecule has 254 valence electrons. The predicted octanol–water partition coefficient (Wildman–Crippen LogP) is 2.62. The number of nitrogens with zero attached hydrogens (tertiary/aromatic N) is 3. The van der Waals surface area contributed by atoms with Gasteiger partial charge in [-0.2, -0.15) is 16.8 Å². The molecule has 3 aromatic rings. The number of benzene rings is 2. The number of ether oxygens (including phenoxy) is 1. The first-order chi connectivity index (χ1) is 22.0. The largest absolute Gasteiger partial charge is 0.349 e. The molecule has 47 heavy (non-hydrogen) atoms. The first kappa shape index (κ1) is 35.6. The van der Waals surface area contributed by atoms with Crippen LogP contribution in [0.5, 0.6) is 0 Å². The molecule has 0 saturated carbocycles. The summed E-state index contributed by atoms with van der Waals surface area (Å²) in [5.74, 6) is -3.10. The van der Waals surface area contributed by atoms with Crippen LogP contribution in [0.2, 0.25) is 0 Å². The molecule has 2 aromatic carbocycles. The van der Waals surface area contributed by atoms with Crippen molar-refractivity contribution in [3.8, 4) is 0 Å². The maximum atomic E-state index is 13.2. The molecule has 1 N–H and O–H groups in total. The lowest BCUT2D eigenvalue weighted by Crippen LogP contribution is -2.34. The molecule has 4 rings (SSSR count). The zero-order valence-electron chi connectivity index (χ0n) is 25.4. The highest BCUT2D eigenvalue weighted by Crippen LogP contribution is 2.34. The highest BCUT2D eigenvalue weighted by atomic mass is 32.2. The topological polar surface area (TPSA) is 237 Å². The Kier molecular flexibility index (Phi) is 10.8. The third-order valence-electron chi connectivity index (χ3n) is 7.56. The Labute approximate surface area is 268 Å². The summed E-state index contributed by atoms with van der Waals surface area (Å²) in [6.45, 7) is 3.61. The van der Waals surface area contributed by atoms with Crippen molar-refractivity contribution >= 4 is 31.6 Å². The van der Waals surface area contributed by atoms with Crippen LogP contribution in [0.4, 0.5) is 11.4 Å².